The molecule has 0 aliphatic carbocycles. The fraction of sp³-hybridized carbons (Fsp3) is 0. The van der Waals surface area contributed by atoms with E-state index < -0.39 is 5.24 Å². The first-order valence-electron chi connectivity index (χ1n) is 2.39. The quantitative estimate of drug-likeness (QED) is 0.610. The van der Waals surface area contributed by atoms with Crippen LogP contribution in [0, 0.1) is 0 Å². The summed E-state index contributed by atoms with van der Waals surface area (Å²) in [4.78, 5) is 10.5. The van der Waals surface area contributed by atoms with Gasteiger partial charge in [0.15, 0.2) is 5.15 Å². The van der Waals surface area contributed by atoms with Crippen molar-refractivity contribution in [3.63, 3.8) is 0 Å². The number of carbonyl (C=O) groups is 1. The molecule has 0 radical (unpaired) electrons. The molecular weight excluding hydrogens is 175 g/mol. The SMILES string of the molecule is O=C(Cl)c1ccnnc1Cl. The number of rotatable bonds is 1. The van der Waals surface area contributed by atoms with Gasteiger partial charge in [0.1, 0.15) is 0 Å². The van der Waals surface area contributed by atoms with Crippen LogP contribution in [0.25, 0.3) is 0 Å². The predicted octanol–water partition coefficient (Wildman–Crippen LogP) is 1.51. The van der Waals surface area contributed by atoms with Crippen LogP contribution in [0.1, 0.15) is 10.4 Å². The molecule has 0 aliphatic heterocycles. The van der Waals surface area contributed by atoms with E-state index in [1.807, 2.05) is 0 Å². The summed E-state index contributed by atoms with van der Waals surface area (Å²) in [5.41, 5.74) is 0.179. The van der Waals surface area contributed by atoms with Crippen molar-refractivity contribution < 1.29 is 4.79 Å². The van der Waals surface area contributed by atoms with Crippen LogP contribution in [-0.2, 0) is 0 Å². The molecule has 0 bridgehead atoms. The van der Waals surface area contributed by atoms with Gasteiger partial charge in [-0.2, -0.15) is 5.10 Å². The maximum atomic E-state index is 10.5. The minimum atomic E-state index is -0.625. The molecule has 1 aromatic rings. The van der Waals surface area contributed by atoms with Crippen molar-refractivity contribution in [2.24, 2.45) is 0 Å². The van der Waals surface area contributed by atoms with Gasteiger partial charge in [0, 0.05) is 0 Å². The third-order valence-corrected chi connectivity index (χ3v) is 1.37. The lowest BCUT2D eigenvalue weighted by atomic mass is 10.3. The summed E-state index contributed by atoms with van der Waals surface area (Å²) in [6.45, 7) is 0. The molecule has 0 aromatic carbocycles. The lowest BCUT2D eigenvalue weighted by Crippen LogP contribution is -1.93. The fourth-order valence-electron chi connectivity index (χ4n) is 0.461. The molecule has 0 unspecified atom stereocenters. The Bertz CT molecular complexity index is 264. The monoisotopic (exact) mass is 176 g/mol. The van der Waals surface area contributed by atoms with E-state index in [-0.39, 0.29) is 10.7 Å². The van der Waals surface area contributed by atoms with Gasteiger partial charge in [0.25, 0.3) is 5.24 Å². The third kappa shape index (κ3) is 1.43. The van der Waals surface area contributed by atoms with E-state index in [9.17, 15) is 4.79 Å². The average molecular weight is 177 g/mol. The molecule has 0 fully saturated rings. The van der Waals surface area contributed by atoms with Crippen molar-refractivity contribution in [2.45, 2.75) is 0 Å². The maximum absolute atomic E-state index is 10.5. The smallest absolute Gasteiger partial charge is 0.255 e. The van der Waals surface area contributed by atoms with Gasteiger partial charge in [-0.15, -0.1) is 5.10 Å². The molecule has 0 amide bonds. The Morgan fingerprint density at radius 1 is 1.60 bits per heavy atom. The standard InChI is InChI=1S/C5H2Cl2N2O/c6-4-3(5(7)10)1-2-8-9-4/h1-2H. The van der Waals surface area contributed by atoms with Crippen LogP contribution in [0.3, 0.4) is 0 Å². The zero-order chi connectivity index (χ0) is 7.56. The average Bonchev–Trinajstić information content (AvgIpc) is 1.88. The van der Waals surface area contributed by atoms with E-state index in [1.54, 1.807) is 0 Å². The van der Waals surface area contributed by atoms with E-state index in [2.05, 4.69) is 10.2 Å². The van der Waals surface area contributed by atoms with E-state index in [0.717, 1.165) is 0 Å². The number of hydrogen-bond acceptors (Lipinski definition) is 3. The number of aromatic nitrogens is 2. The number of nitrogens with zero attached hydrogens (tertiary/aromatic N) is 2. The van der Waals surface area contributed by atoms with Gasteiger partial charge in [-0.25, -0.2) is 0 Å². The van der Waals surface area contributed by atoms with Crippen molar-refractivity contribution in [1.82, 2.24) is 10.2 Å². The first kappa shape index (κ1) is 7.44. The lowest BCUT2D eigenvalue weighted by Gasteiger charge is -1.91. The molecule has 52 valence electrons. The van der Waals surface area contributed by atoms with Crippen molar-refractivity contribution in [3.05, 3.63) is 23.0 Å². The van der Waals surface area contributed by atoms with Crippen molar-refractivity contribution >= 4 is 28.4 Å². The zero-order valence-corrected chi connectivity index (χ0v) is 6.23. The molecule has 1 heterocycles. The maximum Gasteiger partial charge on any atom is 0.255 e. The van der Waals surface area contributed by atoms with Gasteiger partial charge < -0.3 is 0 Å². The Hall–Kier alpha value is -0.670. The van der Waals surface area contributed by atoms with Crippen molar-refractivity contribution in [1.29, 1.82) is 0 Å². The molecule has 1 aromatic heterocycles. The Morgan fingerprint density at radius 3 is 2.70 bits per heavy atom. The molecule has 0 saturated carbocycles. The molecule has 1 rings (SSSR count). The number of carbonyl (C=O) groups excluding carboxylic acids is 1. The highest BCUT2D eigenvalue weighted by Gasteiger charge is 2.06. The van der Waals surface area contributed by atoms with Gasteiger partial charge in [0.2, 0.25) is 0 Å². The second kappa shape index (κ2) is 2.94. The summed E-state index contributed by atoms with van der Waals surface area (Å²) in [7, 11) is 0. The normalized spacial score (nSPS) is 9.40. The van der Waals surface area contributed by atoms with Gasteiger partial charge in [-0.1, -0.05) is 11.6 Å². The van der Waals surface area contributed by atoms with Gasteiger partial charge in [0.05, 0.1) is 11.8 Å². The summed E-state index contributed by atoms with van der Waals surface area (Å²) < 4.78 is 0. The zero-order valence-electron chi connectivity index (χ0n) is 4.71. The van der Waals surface area contributed by atoms with Crippen LogP contribution >= 0.6 is 23.2 Å². The first-order chi connectivity index (χ1) is 4.72. The lowest BCUT2D eigenvalue weighted by molar-refractivity contribution is 0.108. The molecule has 0 aliphatic rings. The summed E-state index contributed by atoms with van der Waals surface area (Å²) >= 11 is 10.6. The van der Waals surface area contributed by atoms with Crippen LogP contribution < -0.4 is 0 Å². The van der Waals surface area contributed by atoms with Gasteiger partial charge >= 0.3 is 0 Å². The van der Waals surface area contributed by atoms with Gasteiger partial charge in [-0.3, -0.25) is 4.79 Å². The second-order valence-electron chi connectivity index (χ2n) is 1.51. The highest BCUT2D eigenvalue weighted by Crippen LogP contribution is 2.11. The molecule has 0 atom stereocenters. The van der Waals surface area contributed by atoms with Crippen LogP contribution in [0.15, 0.2) is 12.3 Å². The number of halogens is 2. The first-order valence-corrected chi connectivity index (χ1v) is 3.14. The molecule has 3 nitrogen and oxygen atoms in total. The van der Waals surface area contributed by atoms with E-state index in [4.69, 9.17) is 23.2 Å². The van der Waals surface area contributed by atoms with Crippen molar-refractivity contribution in [3.8, 4) is 0 Å². The number of hydrogen-bond donors (Lipinski definition) is 0. The summed E-state index contributed by atoms with van der Waals surface area (Å²) in [5.74, 6) is 0. The van der Waals surface area contributed by atoms with E-state index >= 15 is 0 Å². The second-order valence-corrected chi connectivity index (χ2v) is 2.21. The fourth-order valence-corrected chi connectivity index (χ4v) is 0.854. The molecule has 5 heteroatoms. The summed E-state index contributed by atoms with van der Waals surface area (Å²) in [6, 6.07) is 1.41. The van der Waals surface area contributed by atoms with Gasteiger partial charge in [-0.05, 0) is 17.7 Å². The Balaban J connectivity index is 3.15. The minimum absolute atomic E-state index is 0.0301. The molecule has 10 heavy (non-hydrogen) atoms. The highest BCUT2D eigenvalue weighted by atomic mass is 35.5. The van der Waals surface area contributed by atoms with Crippen LogP contribution in [0.5, 0.6) is 0 Å². The van der Waals surface area contributed by atoms with E-state index in [0.29, 0.717) is 0 Å². The summed E-state index contributed by atoms with van der Waals surface area (Å²) in [5, 5.41) is 6.25. The molecule has 0 N–H and O–H groups in total. The molecule has 0 saturated heterocycles. The van der Waals surface area contributed by atoms with Crippen LogP contribution in [0.4, 0.5) is 0 Å². The van der Waals surface area contributed by atoms with Crippen LogP contribution in [-0.4, -0.2) is 15.4 Å². The minimum Gasteiger partial charge on any atom is -0.275 e. The largest absolute Gasteiger partial charge is 0.275 e. The molecule has 0 spiro atoms. The topological polar surface area (TPSA) is 42.9 Å². The summed E-state index contributed by atoms with van der Waals surface area (Å²) in [6.07, 6.45) is 1.35. The highest BCUT2D eigenvalue weighted by molar-refractivity contribution is 6.68. The Labute approximate surface area is 67.0 Å². The van der Waals surface area contributed by atoms with Crippen LogP contribution in [0.2, 0.25) is 5.15 Å². The van der Waals surface area contributed by atoms with Crippen molar-refractivity contribution in [2.75, 3.05) is 0 Å². The Morgan fingerprint density at radius 2 is 2.30 bits per heavy atom. The van der Waals surface area contributed by atoms with E-state index in [1.165, 1.54) is 12.3 Å². The predicted molar refractivity (Wildman–Crippen MR) is 37.2 cm³/mol. The molecular formula is C5H2Cl2N2O. The Kier molecular flexibility index (Phi) is 2.19. The third-order valence-electron chi connectivity index (χ3n) is 0.887.